The fraction of sp³-hybridized carbons (Fsp3) is 0.438. The van der Waals surface area contributed by atoms with Crippen molar-refractivity contribution in [2.24, 2.45) is 11.8 Å². The molecule has 0 fully saturated rings. The van der Waals surface area contributed by atoms with Crippen LogP contribution in [-0.2, 0) is 4.79 Å². The van der Waals surface area contributed by atoms with Crippen LogP contribution in [0.2, 0.25) is 5.02 Å². The topological polar surface area (TPSA) is 29.1 Å². The van der Waals surface area contributed by atoms with Gasteiger partial charge in [0.05, 0.1) is 0 Å². The van der Waals surface area contributed by atoms with Gasteiger partial charge in [-0.1, -0.05) is 51.4 Å². The lowest BCUT2D eigenvalue weighted by atomic mass is 9.93. The summed E-state index contributed by atoms with van der Waals surface area (Å²) in [5.41, 5.74) is 0.963. The normalized spacial score (nSPS) is 11.8. The molecule has 0 aliphatic heterocycles. The van der Waals surface area contributed by atoms with Crippen LogP contribution in [0.1, 0.15) is 33.3 Å². The number of nitrogens with one attached hydrogen (secondary N) is 1. The first-order chi connectivity index (χ1) is 8.90. The zero-order valence-corrected chi connectivity index (χ0v) is 12.7. The number of rotatable bonds is 5. The Bertz CT molecular complexity index is 427. The summed E-state index contributed by atoms with van der Waals surface area (Å²) in [6, 6.07) is 7.58. The van der Waals surface area contributed by atoms with E-state index in [-0.39, 0.29) is 11.9 Å². The highest BCUT2D eigenvalue weighted by molar-refractivity contribution is 6.30. The molecule has 1 N–H and O–H groups in total. The van der Waals surface area contributed by atoms with E-state index in [1.165, 1.54) is 0 Å². The third kappa shape index (κ3) is 5.48. The first kappa shape index (κ1) is 15.8. The van der Waals surface area contributed by atoms with Crippen LogP contribution in [0.3, 0.4) is 0 Å². The predicted octanol–water partition coefficient (Wildman–Crippen LogP) is 4.15. The van der Waals surface area contributed by atoms with Crippen LogP contribution < -0.4 is 5.32 Å². The standard InChI is InChI=1S/C16H22ClNO/c1-11(2)16(12(3)4)18-15(19)10-7-13-5-8-14(17)9-6-13/h5-12,16H,1-4H3,(H,18,19). The van der Waals surface area contributed by atoms with Crippen molar-refractivity contribution in [2.45, 2.75) is 33.7 Å². The number of hydrogen-bond acceptors (Lipinski definition) is 1. The lowest BCUT2D eigenvalue weighted by Gasteiger charge is -2.25. The van der Waals surface area contributed by atoms with E-state index in [9.17, 15) is 4.79 Å². The van der Waals surface area contributed by atoms with Gasteiger partial charge in [0.25, 0.3) is 0 Å². The SMILES string of the molecule is CC(C)C(NC(=O)C=Cc1ccc(Cl)cc1)C(C)C. The number of hydrogen-bond donors (Lipinski definition) is 1. The van der Waals surface area contributed by atoms with E-state index in [2.05, 4.69) is 33.0 Å². The molecule has 0 aromatic heterocycles. The number of halogens is 1. The molecule has 1 aromatic rings. The lowest BCUT2D eigenvalue weighted by Crippen LogP contribution is -2.41. The van der Waals surface area contributed by atoms with E-state index >= 15 is 0 Å². The molecule has 0 aliphatic rings. The summed E-state index contributed by atoms with van der Waals surface area (Å²) >= 11 is 5.81. The third-order valence-corrected chi connectivity index (χ3v) is 3.29. The van der Waals surface area contributed by atoms with Gasteiger partial charge in [0.2, 0.25) is 5.91 Å². The Labute approximate surface area is 120 Å². The maximum atomic E-state index is 11.9. The van der Waals surface area contributed by atoms with E-state index in [0.29, 0.717) is 16.9 Å². The van der Waals surface area contributed by atoms with Gasteiger partial charge >= 0.3 is 0 Å². The fourth-order valence-electron chi connectivity index (χ4n) is 2.06. The first-order valence-electron chi connectivity index (χ1n) is 6.64. The highest BCUT2D eigenvalue weighted by atomic mass is 35.5. The Hall–Kier alpha value is -1.28. The van der Waals surface area contributed by atoms with E-state index in [1.807, 2.05) is 24.3 Å². The third-order valence-electron chi connectivity index (χ3n) is 3.04. The van der Waals surface area contributed by atoms with Gasteiger partial charge in [0.15, 0.2) is 0 Å². The van der Waals surface area contributed by atoms with Crippen LogP contribution >= 0.6 is 11.6 Å². The van der Waals surface area contributed by atoms with E-state index in [1.54, 1.807) is 12.2 Å². The Morgan fingerprint density at radius 3 is 2.11 bits per heavy atom. The van der Waals surface area contributed by atoms with Crippen molar-refractivity contribution in [3.8, 4) is 0 Å². The largest absolute Gasteiger partial charge is 0.349 e. The van der Waals surface area contributed by atoms with Gasteiger partial charge in [-0.2, -0.15) is 0 Å². The quantitative estimate of drug-likeness (QED) is 0.806. The molecule has 0 bridgehead atoms. The Morgan fingerprint density at radius 2 is 1.63 bits per heavy atom. The zero-order chi connectivity index (χ0) is 14.4. The molecule has 19 heavy (non-hydrogen) atoms. The van der Waals surface area contributed by atoms with E-state index < -0.39 is 0 Å². The second-order valence-corrected chi connectivity index (χ2v) is 5.84. The number of carbonyl (C=O) groups excluding carboxylic acids is 1. The van der Waals surface area contributed by atoms with Crippen LogP contribution in [0.15, 0.2) is 30.3 Å². The second-order valence-electron chi connectivity index (χ2n) is 5.41. The maximum absolute atomic E-state index is 11.9. The van der Waals surface area contributed by atoms with Crippen LogP contribution in [0, 0.1) is 11.8 Å². The second kappa shape index (κ2) is 7.34. The summed E-state index contributed by atoms with van der Waals surface area (Å²) < 4.78 is 0. The van der Waals surface area contributed by atoms with Crippen molar-refractivity contribution >= 4 is 23.6 Å². The summed E-state index contributed by atoms with van der Waals surface area (Å²) in [6.07, 6.45) is 3.37. The van der Waals surface area contributed by atoms with Gasteiger partial charge in [-0.05, 0) is 35.6 Å². The molecule has 0 radical (unpaired) electrons. The summed E-state index contributed by atoms with van der Waals surface area (Å²) in [7, 11) is 0. The first-order valence-corrected chi connectivity index (χ1v) is 7.02. The van der Waals surface area contributed by atoms with Crippen LogP contribution in [0.4, 0.5) is 0 Å². The fourth-order valence-corrected chi connectivity index (χ4v) is 2.19. The van der Waals surface area contributed by atoms with Crippen molar-refractivity contribution < 1.29 is 4.79 Å². The highest BCUT2D eigenvalue weighted by Crippen LogP contribution is 2.13. The van der Waals surface area contributed by atoms with E-state index in [4.69, 9.17) is 11.6 Å². The molecule has 0 aliphatic carbocycles. The minimum Gasteiger partial charge on any atom is -0.349 e. The molecule has 3 heteroatoms. The minimum atomic E-state index is -0.0534. The average molecular weight is 280 g/mol. The molecule has 0 saturated carbocycles. The van der Waals surface area contributed by atoms with Crippen molar-refractivity contribution in [1.82, 2.24) is 5.32 Å². The number of carbonyl (C=O) groups is 1. The summed E-state index contributed by atoms with van der Waals surface area (Å²) in [5.74, 6) is 0.795. The van der Waals surface area contributed by atoms with Crippen LogP contribution in [0.25, 0.3) is 6.08 Å². The molecule has 1 amide bonds. The Kier molecular flexibility index (Phi) is 6.10. The van der Waals surface area contributed by atoms with Gasteiger partial charge in [-0.15, -0.1) is 0 Å². The summed E-state index contributed by atoms with van der Waals surface area (Å²) in [5, 5.41) is 3.74. The molecule has 0 heterocycles. The molecule has 104 valence electrons. The Balaban J connectivity index is 2.61. The van der Waals surface area contributed by atoms with Crippen LogP contribution in [0.5, 0.6) is 0 Å². The van der Waals surface area contributed by atoms with Crippen molar-refractivity contribution in [3.05, 3.63) is 40.9 Å². The number of amides is 1. The molecule has 0 spiro atoms. The highest BCUT2D eigenvalue weighted by Gasteiger charge is 2.18. The van der Waals surface area contributed by atoms with Gasteiger partial charge in [-0.3, -0.25) is 4.79 Å². The van der Waals surface area contributed by atoms with Gasteiger partial charge in [-0.25, -0.2) is 0 Å². The molecule has 0 saturated heterocycles. The average Bonchev–Trinajstić information content (AvgIpc) is 2.34. The smallest absolute Gasteiger partial charge is 0.244 e. The maximum Gasteiger partial charge on any atom is 0.244 e. The van der Waals surface area contributed by atoms with Crippen LogP contribution in [-0.4, -0.2) is 11.9 Å². The van der Waals surface area contributed by atoms with E-state index in [0.717, 1.165) is 5.56 Å². The minimum absolute atomic E-state index is 0.0534. The van der Waals surface area contributed by atoms with Gasteiger partial charge in [0, 0.05) is 17.1 Å². The molecular formula is C16H22ClNO. The van der Waals surface area contributed by atoms with Crippen molar-refractivity contribution in [1.29, 1.82) is 0 Å². The molecule has 1 aromatic carbocycles. The predicted molar refractivity (Wildman–Crippen MR) is 82.1 cm³/mol. The molecule has 0 unspecified atom stereocenters. The molecule has 0 atom stereocenters. The Morgan fingerprint density at radius 1 is 1.11 bits per heavy atom. The van der Waals surface area contributed by atoms with Crippen molar-refractivity contribution in [3.63, 3.8) is 0 Å². The molecular weight excluding hydrogens is 258 g/mol. The summed E-state index contributed by atoms with van der Waals surface area (Å²) in [4.78, 5) is 11.9. The van der Waals surface area contributed by atoms with Gasteiger partial charge in [0.1, 0.15) is 0 Å². The lowest BCUT2D eigenvalue weighted by molar-refractivity contribution is -0.117. The van der Waals surface area contributed by atoms with Gasteiger partial charge < -0.3 is 5.32 Å². The van der Waals surface area contributed by atoms with Crippen molar-refractivity contribution in [2.75, 3.05) is 0 Å². The monoisotopic (exact) mass is 279 g/mol. The molecule has 1 rings (SSSR count). The zero-order valence-electron chi connectivity index (χ0n) is 12.0. The number of benzene rings is 1. The summed E-state index contributed by atoms with van der Waals surface area (Å²) in [6.45, 7) is 8.48. The molecule has 2 nitrogen and oxygen atoms in total.